The summed E-state index contributed by atoms with van der Waals surface area (Å²) in [7, 11) is 0. The SMILES string of the molecule is O=C(O)c1cc(CNC2CC2)ccc1Br. The molecule has 0 unspecified atom stereocenters. The lowest BCUT2D eigenvalue weighted by Crippen LogP contribution is -2.15. The normalized spacial score (nSPS) is 15.3. The van der Waals surface area contributed by atoms with Crippen LogP contribution < -0.4 is 5.32 Å². The second kappa shape index (κ2) is 4.33. The Morgan fingerprint density at radius 1 is 1.53 bits per heavy atom. The Kier molecular flexibility index (Phi) is 3.07. The van der Waals surface area contributed by atoms with Gasteiger partial charge in [-0.05, 0) is 46.5 Å². The molecule has 1 fully saturated rings. The molecule has 0 heterocycles. The number of hydrogen-bond acceptors (Lipinski definition) is 2. The van der Waals surface area contributed by atoms with E-state index in [0.717, 1.165) is 12.1 Å². The fraction of sp³-hybridized carbons (Fsp3) is 0.364. The minimum absolute atomic E-state index is 0.324. The van der Waals surface area contributed by atoms with Crippen molar-refractivity contribution in [3.05, 3.63) is 33.8 Å². The number of nitrogens with one attached hydrogen (secondary N) is 1. The van der Waals surface area contributed by atoms with Gasteiger partial charge >= 0.3 is 5.97 Å². The summed E-state index contributed by atoms with van der Waals surface area (Å²) in [5, 5.41) is 12.3. The molecule has 0 bridgehead atoms. The minimum Gasteiger partial charge on any atom is -0.478 e. The van der Waals surface area contributed by atoms with E-state index >= 15 is 0 Å². The van der Waals surface area contributed by atoms with E-state index < -0.39 is 5.97 Å². The summed E-state index contributed by atoms with van der Waals surface area (Å²) >= 11 is 3.22. The highest BCUT2D eigenvalue weighted by Gasteiger charge is 2.20. The Balaban J connectivity index is 2.10. The van der Waals surface area contributed by atoms with Crippen LogP contribution in [0, 0.1) is 0 Å². The monoisotopic (exact) mass is 269 g/mol. The Morgan fingerprint density at radius 2 is 2.27 bits per heavy atom. The zero-order valence-corrected chi connectivity index (χ0v) is 9.75. The molecule has 0 amide bonds. The molecule has 0 spiro atoms. The fourth-order valence-electron chi connectivity index (χ4n) is 1.40. The zero-order chi connectivity index (χ0) is 10.8. The van der Waals surface area contributed by atoms with Crippen LogP contribution in [0.5, 0.6) is 0 Å². The highest BCUT2D eigenvalue weighted by Crippen LogP contribution is 2.21. The Labute approximate surface area is 96.6 Å². The van der Waals surface area contributed by atoms with Crippen LogP contribution in [0.1, 0.15) is 28.8 Å². The third kappa shape index (κ3) is 2.79. The largest absolute Gasteiger partial charge is 0.478 e. The van der Waals surface area contributed by atoms with Crippen molar-refractivity contribution in [3.63, 3.8) is 0 Å². The van der Waals surface area contributed by atoms with Crippen molar-refractivity contribution in [3.8, 4) is 0 Å². The smallest absolute Gasteiger partial charge is 0.336 e. The average Bonchev–Trinajstić information content (AvgIpc) is 3.00. The molecule has 0 saturated heterocycles. The Hall–Kier alpha value is -0.870. The third-order valence-electron chi connectivity index (χ3n) is 2.43. The molecule has 15 heavy (non-hydrogen) atoms. The fourth-order valence-corrected chi connectivity index (χ4v) is 1.81. The molecular formula is C11H12BrNO2. The maximum atomic E-state index is 10.9. The van der Waals surface area contributed by atoms with Crippen molar-refractivity contribution in [2.45, 2.75) is 25.4 Å². The van der Waals surface area contributed by atoms with E-state index in [9.17, 15) is 4.79 Å². The van der Waals surface area contributed by atoms with E-state index in [1.54, 1.807) is 12.1 Å². The molecule has 0 atom stereocenters. The van der Waals surface area contributed by atoms with Gasteiger partial charge < -0.3 is 10.4 Å². The first-order chi connectivity index (χ1) is 7.16. The number of benzene rings is 1. The van der Waals surface area contributed by atoms with Gasteiger partial charge in [0, 0.05) is 17.1 Å². The third-order valence-corrected chi connectivity index (χ3v) is 3.12. The molecule has 0 aromatic heterocycles. The van der Waals surface area contributed by atoms with Gasteiger partial charge in [0.25, 0.3) is 0 Å². The maximum Gasteiger partial charge on any atom is 0.336 e. The van der Waals surface area contributed by atoms with Crippen LogP contribution in [0.15, 0.2) is 22.7 Å². The predicted octanol–water partition coefficient (Wildman–Crippen LogP) is 2.40. The topological polar surface area (TPSA) is 49.3 Å². The van der Waals surface area contributed by atoms with E-state index in [-0.39, 0.29) is 0 Å². The Bertz CT molecular complexity index is 388. The van der Waals surface area contributed by atoms with Crippen LogP contribution >= 0.6 is 15.9 Å². The van der Waals surface area contributed by atoms with E-state index in [2.05, 4.69) is 21.2 Å². The summed E-state index contributed by atoms with van der Waals surface area (Å²) in [5.74, 6) is -0.893. The van der Waals surface area contributed by atoms with Gasteiger partial charge in [-0.3, -0.25) is 0 Å². The van der Waals surface area contributed by atoms with Gasteiger partial charge in [0.1, 0.15) is 0 Å². The van der Waals surface area contributed by atoms with E-state index in [1.807, 2.05) is 6.07 Å². The Morgan fingerprint density at radius 3 is 2.87 bits per heavy atom. The van der Waals surface area contributed by atoms with Crippen LogP contribution in [0.4, 0.5) is 0 Å². The predicted molar refractivity (Wildman–Crippen MR) is 61.0 cm³/mol. The van der Waals surface area contributed by atoms with Crippen molar-refractivity contribution >= 4 is 21.9 Å². The lowest BCUT2D eigenvalue weighted by molar-refractivity contribution is 0.0696. The molecule has 80 valence electrons. The van der Waals surface area contributed by atoms with Crippen LogP contribution in [-0.2, 0) is 6.54 Å². The van der Waals surface area contributed by atoms with Gasteiger partial charge in [-0.2, -0.15) is 0 Å². The number of carbonyl (C=O) groups is 1. The first-order valence-electron chi connectivity index (χ1n) is 4.92. The molecule has 3 nitrogen and oxygen atoms in total. The van der Waals surface area contributed by atoms with Crippen molar-refractivity contribution in [2.75, 3.05) is 0 Å². The summed E-state index contributed by atoms with van der Waals surface area (Å²) in [6.45, 7) is 0.748. The van der Waals surface area contributed by atoms with E-state index in [0.29, 0.717) is 16.1 Å². The van der Waals surface area contributed by atoms with E-state index in [1.165, 1.54) is 12.8 Å². The van der Waals surface area contributed by atoms with Gasteiger partial charge in [0.2, 0.25) is 0 Å². The van der Waals surface area contributed by atoms with Gasteiger partial charge in [-0.15, -0.1) is 0 Å². The summed E-state index contributed by atoms with van der Waals surface area (Å²) in [6.07, 6.45) is 2.48. The molecule has 1 saturated carbocycles. The van der Waals surface area contributed by atoms with Crippen molar-refractivity contribution in [1.82, 2.24) is 5.32 Å². The minimum atomic E-state index is -0.893. The standard InChI is InChI=1S/C11H12BrNO2/c12-10-4-1-7(5-9(10)11(14)15)6-13-8-2-3-8/h1,4-5,8,13H,2-3,6H2,(H,14,15). The molecule has 1 aliphatic carbocycles. The van der Waals surface area contributed by atoms with Crippen LogP contribution in [0.25, 0.3) is 0 Å². The maximum absolute atomic E-state index is 10.9. The molecule has 2 rings (SSSR count). The van der Waals surface area contributed by atoms with Gasteiger partial charge in [-0.1, -0.05) is 6.07 Å². The highest BCUT2D eigenvalue weighted by atomic mass is 79.9. The van der Waals surface area contributed by atoms with Crippen molar-refractivity contribution in [1.29, 1.82) is 0 Å². The van der Waals surface area contributed by atoms with Crippen molar-refractivity contribution in [2.24, 2.45) is 0 Å². The molecular weight excluding hydrogens is 258 g/mol. The van der Waals surface area contributed by atoms with Gasteiger partial charge in [0.15, 0.2) is 0 Å². The highest BCUT2D eigenvalue weighted by molar-refractivity contribution is 9.10. The lowest BCUT2D eigenvalue weighted by atomic mass is 10.1. The van der Waals surface area contributed by atoms with Gasteiger partial charge in [0.05, 0.1) is 5.56 Å². The summed E-state index contributed by atoms with van der Waals surface area (Å²) < 4.78 is 0.630. The first kappa shape index (κ1) is 10.6. The molecule has 0 aliphatic heterocycles. The number of hydrogen-bond donors (Lipinski definition) is 2. The number of halogens is 1. The molecule has 1 aromatic carbocycles. The number of carboxylic acid groups (broad SMARTS) is 1. The number of carboxylic acids is 1. The average molecular weight is 270 g/mol. The van der Waals surface area contributed by atoms with Crippen molar-refractivity contribution < 1.29 is 9.90 Å². The first-order valence-corrected chi connectivity index (χ1v) is 5.71. The molecule has 1 aliphatic rings. The number of rotatable bonds is 4. The molecule has 4 heteroatoms. The number of aromatic carboxylic acids is 1. The molecule has 1 aromatic rings. The van der Waals surface area contributed by atoms with Crippen LogP contribution in [-0.4, -0.2) is 17.1 Å². The molecule has 2 N–H and O–H groups in total. The van der Waals surface area contributed by atoms with Crippen LogP contribution in [0.2, 0.25) is 0 Å². The quantitative estimate of drug-likeness (QED) is 0.883. The second-order valence-electron chi connectivity index (χ2n) is 3.77. The lowest BCUT2D eigenvalue weighted by Gasteiger charge is -2.05. The molecule has 0 radical (unpaired) electrons. The van der Waals surface area contributed by atoms with Crippen LogP contribution in [0.3, 0.4) is 0 Å². The summed E-state index contributed by atoms with van der Waals surface area (Å²) in [4.78, 5) is 10.9. The van der Waals surface area contributed by atoms with Gasteiger partial charge in [-0.25, -0.2) is 4.79 Å². The summed E-state index contributed by atoms with van der Waals surface area (Å²) in [6, 6.07) is 6.07. The zero-order valence-electron chi connectivity index (χ0n) is 8.16. The summed E-state index contributed by atoms with van der Waals surface area (Å²) in [5.41, 5.74) is 1.34. The second-order valence-corrected chi connectivity index (χ2v) is 4.63. The van der Waals surface area contributed by atoms with E-state index in [4.69, 9.17) is 5.11 Å².